The summed E-state index contributed by atoms with van der Waals surface area (Å²) >= 11 is 5.42. The van der Waals surface area contributed by atoms with Gasteiger partial charge in [0.15, 0.2) is 5.82 Å². The zero-order valence-corrected chi connectivity index (χ0v) is 9.19. The highest BCUT2D eigenvalue weighted by Gasteiger charge is 2.16. The minimum Gasteiger partial charge on any atom is -0.268 e. The number of carbonyl (C=O) groups excluding carboxylic acids is 1. The van der Waals surface area contributed by atoms with Crippen molar-refractivity contribution in [3.05, 3.63) is 34.6 Å². The van der Waals surface area contributed by atoms with Gasteiger partial charge in [-0.05, 0) is 12.1 Å². The first-order valence-electron chi connectivity index (χ1n) is 3.77. The van der Waals surface area contributed by atoms with Crippen molar-refractivity contribution in [2.45, 2.75) is 0 Å². The molecule has 0 aromatic heterocycles. The first kappa shape index (κ1) is 11.9. The van der Waals surface area contributed by atoms with E-state index in [1.807, 2.05) is 0 Å². The Balaban J connectivity index is 3.08. The van der Waals surface area contributed by atoms with Gasteiger partial charge in [0.25, 0.3) is 5.91 Å². The number of amides is 1. The van der Waals surface area contributed by atoms with E-state index in [2.05, 4.69) is 0 Å². The fraction of sp³-hybridized carbons (Fsp3) is 0.125. The second-order valence-electron chi connectivity index (χ2n) is 2.80. The maximum Gasteiger partial charge on any atom is 0.267 e. The second kappa shape index (κ2) is 4.16. The van der Waals surface area contributed by atoms with E-state index < -0.39 is 27.3 Å². The van der Waals surface area contributed by atoms with Gasteiger partial charge >= 0.3 is 0 Å². The smallest absolute Gasteiger partial charge is 0.267 e. The Bertz CT molecular complexity index is 501. The normalized spacial score (nSPS) is 11.1. The van der Waals surface area contributed by atoms with Crippen LogP contribution in [0.4, 0.5) is 4.39 Å². The lowest BCUT2D eigenvalue weighted by molar-refractivity contribution is 0.0978. The molecule has 15 heavy (non-hydrogen) atoms. The molecule has 0 radical (unpaired) electrons. The Hall–Kier alpha value is -1.14. The van der Waals surface area contributed by atoms with Crippen LogP contribution in [0.25, 0.3) is 0 Å². The van der Waals surface area contributed by atoms with Crippen LogP contribution >= 0.6 is 11.6 Å². The van der Waals surface area contributed by atoms with Crippen molar-refractivity contribution in [3.8, 4) is 0 Å². The van der Waals surface area contributed by atoms with Crippen molar-refractivity contribution in [1.82, 2.24) is 4.72 Å². The number of benzene rings is 1. The van der Waals surface area contributed by atoms with Crippen LogP contribution in [0, 0.1) is 5.82 Å². The fourth-order valence-electron chi connectivity index (χ4n) is 0.903. The summed E-state index contributed by atoms with van der Waals surface area (Å²) in [4.78, 5) is 11.2. The van der Waals surface area contributed by atoms with Gasteiger partial charge in [0, 0.05) is 0 Å². The fourth-order valence-corrected chi connectivity index (χ4v) is 1.52. The van der Waals surface area contributed by atoms with Gasteiger partial charge in [0.1, 0.15) is 0 Å². The highest BCUT2D eigenvalue weighted by atomic mass is 35.5. The maximum absolute atomic E-state index is 13.2. The molecule has 1 rings (SSSR count). The molecule has 0 fully saturated rings. The molecule has 0 aliphatic carbocycles. The summed E-state index contributed by atoms with van der Waals surface area (Å²) in [7, 11) is -3.71. The molecule has 0 unspecified atom stereocenters. The highest BCUT2D eigenvalue weighted by molar-refractivity contribution is 7.89. The molecule has 82 valence electrons. The number of sulfonamides is 1. The Labute approximate surface area is 91.1 Å². The SMILES string of the molecule is CS(=O)(=O)NC(=O)c1cccc(Cl)c1F. The van der Waals surface area contributed by atoms with E-state index in [9.17, 15) is 17.6 Å². The molecule has 0 saturated heterocycles. The highest BCUT2D eigenvalue weighted by Crippen LogP contribution is 2.17. The van der Waals surface area contributed by atoms with E-state index in [4.69, 9.17) is 11.6 Å². The van der Waals surface area contributed by atoms with Gasteiger partial charge < -0.3 is 0 Å². The maximum atomic E-state index is 13.2. The number of rotatable bonds is 2. The number of halogens is 2. The van der Waals surface area contributed by atoms with E-state index in [0.717, 1.165) is 12.3 Å². The van der Waals surface area contributed by atoms with E-state index >= 15 is 0 Å². The van der Waals surface area contributed by atoms with Gasteiger partial charge in [-0.3, -0.25) is 4.79 Å². The van der Waals surface area contributed by atoms with Gasteiger partial charge in [-0.1, -0.05) is 17.7 Å². The van der Waals surface area contributed by atoms with Crippen LogP contribution in [0.2, 0.25) is 5.02 Å². The van der Waals surface area contributed by atoms with Crippen LogP contribution in [-0.4, -0.2) is 20.6 Å². The Morgan fingerprint density at radius 2 is 2.07 bits per heavy atom. The third kappa shape index (κ3) is 3.17. The van der Waals surface area contributed by atoms with Crippen molar-refractivity contribution < 1.29 is 17.6 Å². The lowest BCUT2D eigenvalue weighted by Gasteiger charge is -2.04. The third-order valence-electron chi connectivity index (χ3n) is 1.47. The Kier molecular flexibility index (Phi) is 3.31. The van der Waals surface area contributed by atoms with Crippen LogP contribution in [-0.2, 0) is 10.0 Å². The van der Waals surface area contributed by atoms with Crippen molar-refractivity contribution in [2.24, 2.45) is 0 Å². The molecule has 0 heterocycles. The summed E-state index contributed by atoms with van der Waals surface area (Å²) in [6, 6.07) is 3.75. The first-order chi connectivity index (χ1) is 6.81. The van der Waals surface area contributed by atoms with E-state index in [0.29, 0.717) is 0 Å². The summed E-state index contributed by atoms with van der Waals surface area (Å²) in [6.45, 7) is 0. The van der Waals surface area contributed by atoms with Gasteiger partial charge in [0.05, 0.1) is 16.8 Å². The minimum absolute atomic E-state index is 0.240. The lowest BCUT2D eigenvalue weighted by atomic mass is 10.2. The topological polar surface area (TPSA) is 63.2 Å². The van der Waals surface area contributed by atoms with Gasteiger partial charge in [-0.15, -0.1) is 0 Å². The van der Waals surface area contributed by atoms with Crippen molar-refractivity contribution in [3.63, 3.8) is 0 Å². The van der Waals surface area contributed by atoms with Crippen LogP contribution < -0.4 is 4.72 Å². The quantitative estimate of drug-likeness (QED) is 0.858. The number of hydrogen-bond donors (Lipinski definition) is 1. The molecule has 0 bridgehead atoms. The standard InChI is InChI=1S/C8H7ClFNO3S/c1-15(13,14)11-8(12)5-3-2-4-6(9)7(5)10/h2-4H,1H3,(H,11,12). The molecule has 0 saturated carbocycles. The zero-order valence-electron chi connectivity index (χ0n) is 7.62. The Morgan fingerprint density at radius 3 is 2.60 bits per heavy atom. The molecule has 4 nitrogen and oxygen atoms in total. The molecule has 0 aliphatic rings. The van der Waals surface area contributed by atoms with Crippen molar-refractivity contribution in [2.75, 3.05) is 6.26 Å². The van der Waals surface area contributed by atoms with Crippen LogP contribution in [0.1, 0.15) is 10.4 Å². The molecule has 0 spiro atoms. The van der Waals surface area contributed by atoms with E-state index in [-0.39, 0.29) is 5.02 Å². The van der Waals surface area contributed by atoms with Crippen LogP contribution in [0.3, 0.4) is 0 Å². The number of hydrogen-bond acceptors (Lipinski definition) is 3. The molecular weight excluding hydrogens is 245 g/mol. The second-order valence-corrected chi connectivity index (χ2v) is 4.96. The van der Waals surface area contributed by atoms with Crippen LogP contribution in [0.15, 0.2) is 18.2 Å². The molecule has 0 atom stereocenters. The zero-order chi connectivity index (χ0) is 11.6. The summed E-state index contributed by atoms with van der Waals surface area (Å²) in [6.07, 6.45) is 0.799. The van der Waals surface area contributed by atoms with Gasteiger partial charge in [-0.25, -0.2) is 17.5 Å². The monoisotopic (exact) mass is 251 g/mol. The molecular formula is C8H7ClFNO3S. The molecule has 1 aromatic carbocycles. The first-order valence-corrected chi connectivity index (χ1v) is 6.04. The summed E-state index contributed by atoms with van der Waals surface area (Å²) in [5.41, 5.74) is -0.409. The Morgan fingerprint density at radius 1 is 1.47 bits per heavy atom. The van der Waals surface area contributed by atoms with E-state index in [1.165, 1.54) is 12.1 Å². The number of nitrogens with one attached hydrogen (secondary N) is 1. The minimum atomic E-state index is -3.71. The van der Waals surface area contributed by atoms with Crippen molar-refractivity contribution in [1.29, 1.82) is 0 Å². The van der Waals surface area contributed by atoms with Gasteiger partial charge in [-0.2, -0.15) is 0 Å². The predicted octanol–water partition coefficient (Wildman–Crippen LogP) is 1.17. The largest absolute Gasteiger partial charge is 0.268 e. The predicted molar refractivity (Wildman–Crippen MR) is 53.7 cm³/mol. The third-order valence-corrected chi connectivity index (χ3v) is 2.32. The summed E-state index contributed by atoms with van der Waals surface area (Å²) in [5.74, 6) is -1.99. The summed E-state index contributed by atoms with van der Waals surface area (Å²) < 4.78 is 36.3. The molecule has 1 N–H and O–H groups in total. The lowest BCUT2D eigenvalue weighted by Crippen LogP contribution is -2.30. The molecule has 1 aromatic rings. The number of carbonyl (C=O) groups is 1. The molecule has 1 amide bonds. The van der Waals surface area contributed by atoms with Gasteiger partial charge in [0.2, 0.25) is 10.0 Å². The van der Waals surface area contributed by atoms with Crippen molar-refractivity contribution >= 4 is 27.5 Å². The average molecular weight is 252 g/mol. The average Bonchev–Trinajstić information content (AvgIpc) is 2.06. The van der Waals surface area contributed by atoms with Crippen LogP contribution in [0.5, 0.6) is 0 Å². The molecule has 0 aliphatic heterocycles. The van der Waals surface area contributed by atoms with E-state index in [1.54, 1.807) is 4.72 Å². The molecule has 7 heteroatoms. The summed E-state index contributed by atoms with van der Waals surface area (Å²) in [5, 5.41) is -0.240.